The van der Waals surface area contributed by atoms with Crippen LogP contribution in [0.3, 0.4) is 0 Å². The number of hydrogen-bond donors (Lipinski definition) is 0. The summed E-state index contributed by atoms with van der Waals surface area (Å²) in [5.74, 6) is 0.571. The van der Waals surface area contributed by atoms with Crippen LogP contribution < -0.4 is 0 Å². The summed E-state index contributed by atoms with van der Waals surface area (Å²) in [6.07, 6.45) is 1.47. The van der Waals surface area contributed by atoms with Crippen LogP contribution in [0.1, 0.15) is 0 Å². The lowest BCUT2D eigenvalue weighted by molar-refractivity contribution is -0.389. The monoisotopic (exact) mass is 381 g/mol. The molecule has 4 rings (SSSR count). The van der Waals surface area contributed by atoms with Crippen LogP contribution in [0.4, 0.5) is 5.82 Å². The summed E-state index contributed by atoms with van der Waals surface area (Å²) in [6, 6.07) is 16.8. The van der Waals surface area contributed by atoms with Gasteiger partial charge >= 0.3 is 5.82 Å². The van der Waals surface area contributed by atoms with Crippen molar-refractivity contribution >= 4 is 28.9 Å². The van der Waals surface area contributed by atoms with Gasteiger partial charge in [-0.05, 0) is 51.3 Å². The number of para-hydroxylation sites is 1. The minimum absolute atomic E-state index is 0.182. The van der Waals surface area contributed by atoms with Crippen LogP contribution in [0.25, 0.3) is 16.4 Å². The summed E-state index contributed by atoms with van der Waals surface area (Å²) in [5, 5.41) is 22.1. The van der Waals surface area contributed by atoms with Gasteiger partial charge in [0, 0.05) is 11.8 Å². The van der Waals surface area contributed by atoms with E-state index in [1.54, 1.807) is 17.4 Å². The van der Waals surface area contributed by atoms with Gasteiger partial charge in [-0.15, -0.1) is 21.5 Å². The quantitative estimate of drug-likeness (QED) is 0.375. The Kier molecular flexibility index (Phi) is 4.46. The van der Waals surface area contributed by atoms with E-state index in [0.717, 1.165) is 21.3 Å². The molecule has 0 unspecified atom stereocenters. The molecular weight excluding hydrogens is 370 g/mol. The number of pyridine rings is 1. The molecule has 4 aromatic rings. The average Bonchev–Trinajstić information content (AvgIpc) is 3.32. The van der Waals surface area contributed by atoms with Gasteiger partial charge in [0.15, 0.2) is 12.0 Å². The smallest absolute Gasteiger partial charge is 0.358 e. The summed E-state index contributed by atoms with van der Waals surface area (Å²) in [7, 11) is 0. The van der Waals surface area contributed by atoms with Crippen molar-refractivity contribution in [1.82, 2.24) is 19.7 Å². The molecule has 0 aliphatic rings. The fourth-order valence-corrected chi connectivity index (χ4v) is 3.87. The maximum atomic E-state index is 10.8. The standard InChI is InChI=1S/C17H11N5O2S2/c23-22(24)15-9-8-13(11-18-15)26-17-20-19-16(14-7-4-10-25-14)21(17)12-5-2-1-3-6-12/h1-11H. The Morgan fingerprint density at radius 1 is 1.04 bits per heavy atom. The fraction of sp³-hybridized carbons (Fsp3) is 0. The van der Waals surface area contributed by atoms with E-state index in [9.17, 15) is 10.1 Å². The van der Waals surface area contributed by atoms with Gasteiger partial charge < -0.3 is 10.1 Å². The van der Waals surface area contributed by atoms with Crippen LogP contribution in [-0.4, -0.2) is 24.7 Å². The van der Waals surface area contributed by atoms with Crippen molar-refractivity contribution in [1.29, 1.82) is 0 Å². The van der Waals surface area contributed by atoms with E-state index in [0.29, 0.717) is 5.16 Å². The Bertz CT molecular complexity index is 1030. The Morgan fingerprint density at radius 3 is 2.54 bits per heavy atom. The first-order valence-corrected chi connectivity index (χ1v) is 9.25. The Balaban J connectivity index is 1.75. The largest absolute Gasteiger partial charge is 0.363 e. The van der Waals surface area contributed by atoms with Gasteiger partial charge in [0.05, 0.1) is 9.77 Å². The van der Waals surface area contributed by atoms with E-state index >= 15 is 0 Å². The summed E-state index contributed by atoms with van der Waals surface area (Å²) in [5.41, 5.74) is 0.943. The zero-order valence-electron chi connectivity index (χ0n) is 13.2. The Morgan fingerprint density at radius 2 is 1.88 bits per heavy atom. The average molecular weight is 381 g/mol. The van der Waals surface area contributed by atoms with Crippen LogP contribution in [-0.2, 0) is 0 Å². The third kappa shape index (κ3) is 3.22. The van der Waals surface area contributed by atoms with Gasteiger partial charge in [0.25, 0.3) is 0 Å². The first kappa shape index (κ1) is 16.4. The first-order valence-electron chi connectivity index (χ1n) is 7.55. The summed E-state index contributed by atoms with van der Waals surface area (Å²) >= 11 is 2.95. The van der Waals surface area contributed by atoms with Crippen molar-refractivity contribution < 1.29 is 4.92 Å². The van der Waals surface area contributed by atoms with Crippen LogP contribution in [0.15, 0.2) is 76.2 Å². The lowest BCUT2D eigenvalue weighted by Gasteiger charge is -2.08. The van der Waals surface area contributed by atoms with Crippen molar-refractivity contribution in [2.45, 2.75) is 10.1 Å². The molecule has 0 bridgehead atoms. The summed E-state index contributed by atoms with van der Waals surface area (Å²) in [6.45, 7) is 0. The first-order chi connectivity index (χ1) is 12.7. The molecule has 0 aliphatic carbocycles. The van der Waals surface area contributed by atoms with E-state index < -0.39 is 4.92 Å². The highest BCUT2D eigenvalue weighted by molar-refractivity contribution is 7.99. The second-order valence-electron chi connectivity index (χ2n) is 5.17. The molecule has 0 aliphatic heterocycles. The molecule has 3 aromatic heterocycles. The van der Waals surface area contributed by atoms with Crippen molar-refractivity contribution in [3.63, 3.8) is 0 Å². The van der Waals surface area contributed by atoms with Gasteiger partial charge in [-0.1, -0.05) is 24.3 Å². The molecule has 3 heterocycles. The van der Waals surface area contributed by atoms with Crippen molar-refractivity contribution in [3.05, 3.63) is 76.3 Å². The van der Waals surface area contributed by atoms with Gasteiger partial charge in [-0.25, -0.2) is 0 Å². The fourth-order valence-electron chi connectivity index (χ4n) is 2.36. The number of nitrogens with zero attached hydrogens (tertiary/aromatic N) is 5. The highest BCUT2D eigenvalue weighted by Gasteiger charge is 2.18. The third-order valence-electron chi connectivity index (χ3n) is 3.51. The lowest BCUT2D eigenvalue weighted by atomic mass is 10.3. The van der Waals surface area contributed by atoms with Crippen molar-refractivity contribution in [3.8, 4) is 16.4 Å². The molecule has 0 saturated heterocycles. The molecule has 0 saturated carbocycles. The van der Waals surface area contributed by atoms with Crippen molar-refractivity contribution in [2.75, 3.05) is 0 Å². The minimum atomic E-state index is -0.518. The highest BCUT2D eigenvalue weighted by atomic mass is 32.2. The predicted molar refractivity (Wildman–Crippen MR) is 99.7 cm³/mol. The van der Waals surface area contributed by atoms with Crippen LogP contribution in [0.5, 0.6) is 0 Å². The van der Waals surface area contributed by atoms with E-state index in [1.165, 1.54) is 24.0 Å². The van der Waals surface area contributed by atoms with Gasteiger partial charge in [0.1, 0.15) is 0 Å². The maximum Gasteiger partial charge on any atom is 0.363 e. The van der Waals surface area contributed by atoms with Crippen LogP contribution in [0.2, 0.25) is 0 Å². The molecule has 0 N–H and O–H groups in total. The molecule has 0 amide bonds. The predicted octanol–water partition coefficient (Wildman–Crippen LogP) is 4.45. The lowest BCUT2D eigenvalue weighted by Crippen LogP contribution is -1.98. The second-order valence-corrected chi connectivity index (χ2v) is 7.15. The SMILES string of the molecule is O=[N+]([O-])c1ccc(Sc2nnc(-c3cccs3)n2-c2ccccc2)cn1. The zero-order chi connectivity index (χ0) is 17.9. The van der Waals surface area contributed by atoms with E-state index in [4.69, 9.17) is 0 Å². The van der Waals surface area contributed by atoms with E-state index in [-0.39, 0.29) is 5.82 Å². The molecule has 26 heavy (non-hydrogen) atoms. The number of nitro groups is 1. The minimum Gasteiger partial charge on any atom is -0.358 e. The molecule has 128 valence electrons. The van der Waals surface area contributed by atoms with Crippen LogP contribution >= 0.6 is 23.1 Å². The molecule has 0 spiro atoms. The maximum absolute atomic E-state index is 10.8. The third-order valence-corrected chi connectivity index (χ3v) is 5.30. The number of rotatable bonds is 5. The van der Waals surface area contributed by atoms with Gasteiger partial charge in [-0.3, -0.25) is 4.57 Å². The Labute approximate surface area is 156 Å². The topological polar surface area (TPSA) is 86.7 Å². The number of thiophene rings is 1. The number of benzene rings is 1. The normalized spacial score (nSPS) is 10.8. The number of aromatic nitrogens is 4. The van der Waals surface area contributed by atoms with E-state index in [1.807, 2.05) is 52.4 Å². The molecule has 7 nitrogen and oxygen atoms in total. The molecule has 0 radical (unpaired) electrons. The summed E-state index contributed by atoms with van der Waals surface area (Å²) in [4.78, 5) is 15.9. The van der Waals surface area contributed by atoms with Crippen LogP contribution in [0, 0.1) is 10.1 Å². The van der Waals surface area contributed by atoms with E-state index in [2.05, 4.69) is 15.2 Å². The molecule has 0 atom stereocenters. The van der Waals surface area contributed by atoms with Gasteiger partial charge in [0.2, 0.25) is 5.16 Å². The second kappa shape index (κ2) is 7.06. The summed E-state index contributed by atoms with van der Waals surface area (Å²) < 4.78 is 1.97. The molecule has 0 fully saturated rings. The molecule has 1 aromatic carbocycles. The van der Waals surface area contributed by atoms with Crippen molar-refractivity contribution in [2.24, 2.45) is 0 Å². The number of hydrogen-bond acceptors (Lipinski definition) is 7. The highest BCUT2D eigenvalue weighted by Crippen LogP contribution is 2.33. The Hall–Kier alpha value is -3.04. The molecule has 9 heteroatoms. The molecular formula is C17H11N5O2S2. The van der Waals surface area contributed by atoms with Gasteiger partial charge in [-0.2, -0.15) is 0 Å². The zero-order valence-corrected chi connectivity index (χ0v) is 14.9.